The lowest BCUT2D eigenvalue weighted by Crippen LogP contribution is -2.10. The SMILES string of the molecule is C.C.CC(=O)Nc1ccc(C)cc1C(=O)O. The van der Waals surface area contributed by atoms with Crippen molar-refractivity contribution in [1.29, 1.82) is 0 Å². The fourth-order valence-corrected chi connectivity index (χ4v) is 1.13. The molecule has 0 aliphatic carbocycles. The van der Waals surface area contributed by atoms with Crippen LogP contribution in [-0.2, 0) is 4.79 Å². The maximum Gasteiger partial charge on any atom is 0.337 e. The highest BCUT2D eigenvalue weighted by Gasteiger charge is 2.10. The number of aryl methyl sites for hydroxylation is 1. The first kappa shape index (κ1) is 16.6. The standard InChI is InChI=1S/C10H11NO3.2CH4/c1-6-3-4-9(11-7(2)12)8(5-6)10(13)14;;/h3-5H,1-2H3,(H,11,12)(H,13,14);2*1H4. The smallest absolute Gasteiger partial charge is 0.337 e. The van der Waals surface area contributed by atoms with Crippen LogP contribution in [0.3, 0.4) is 0 Å². The largest absolute Gasteiger partial charge is 0.478 e. The number of aromatic carboxylic acids is 1. The molecule has 4 heteroatoms. The molecule has 1 aromatic rings. The molecule has 0 bridgehead atoms. The third kappa shape index (κ3) is 4.13. The molecule has 1 amide bonds. The van der Waals surface area contributed by atoms with E-state index in [0.29, 0.717) is 5.69 Å². The zero-order valence-corrected chi connectivity index (χ0v) is 8.00. The highest BCUT2D eigenvalue weighted by molar-refractivity contribution is 5.99. The lowest BCUT2D eigenvalue weighted by Gasteiger charge is -2.06. The van der Waals surface area contributed by atoms with Crippen LogP contribution in [0, 0.1) is 6.92 Å². The molecule has 0 saturated carbocycles. The van der Waals surface area contributed by atoms with Gasteiger partial charge in [0.25, 0.3) is 0 Å². The predicted molar refractivity (Wildman–Crippen MR) is 65.9 cm³/mol. The molecule has 0 atom stereocenters. The molecule has 4 nitrogen and oxygen atoms in total. The van der Waals surface area contributed by atoms with E-state index in [1.54, 1.807) is 19.1 Å². The van der Waals surface area contributed by atoms with Gasteiger partial charge >= 0.3 is 5.97 Å². The Morgan fingerprint density at radius 1 is 1.25 bits per heavy atom. The highest BCUT2D eigenvalue weighted by Crippen LogP contribution is 2.17. The lowest BCUT2D eigenvalue weighted by molar-refractivity contribution is -0.114. The summed E-state index contributed by atoms with van der Waals surface area (Å²) in [4.78, 5) is 21.6. The van der Waals surface area contributed by atoms with Crippen LogP contribution in [0.2, 0.25) is 0 Å². The Morgan fingerprint density at radius 2 is 1.81 bits per heavy atom. The summed E-state index contributed by atoms with van der Waals surface area (Å²) in [6, 6.07) is 4.85. The van der Waals surface area contributed by atoms with Crippen molar-refractivity contribution >= 4 is 17.6 Å². The van der Waals surface area contributed by atoms with Gasteiger partial charge in [-0.05, 0) is 19.1 Å². The number of nitrogens with one attached hydrogen (secondary N) is 1. The van der Waals surface area contributed by atoms with E-state index in [0.717, 1.165) is 5.56 Å². The molecule has 0 aromatic heterocycles. The summed E-state index contributed by atoms with van der Waals surface area (Å²) in [5.41, 5.74) is 1.28. The first-order chi connectivity index (χ1) is 6.50. The van der Waals surface area contributed by atoms with Crippen molar-refractivity contribution in [2.45, 2.75) is 28.7 Å². The van der Waals surface area contributed by atoms with Gasteiger partial charge in [-0.25, -0.2) is 4.79 Å². The summed E-state index contributed by atoms with van der Waals surface area (Å²) in [5.74, 6) is -1.33. The monoisotopic (exact) mass is 225 g/mol. The van der Waals surface area contributed by atoms with Crippen LogP contribution in [0.1, 0.15) is 37.7 Å². The molecule has 0 fully saturated rings. The number of carboxylic acids is 1. The molecular weight excluding hydrogens is 206 g/mol. The van der Waals surface area contributed by atoms with Crippen LogP contribution in [-0.4, -0.2) is 17.0 Å². The molecule has 0 unspecified atom stereocenters. The van der Waals surface area contributed by atoms with E-state index < -0.39 is 5.97 Å². The molecule has 1 rings (SSSR count). The number of benzene rings is 1. The number of carbonyl (C=O) groups is 2. The Bertz CT molecular complexity index is 386. The minimum atomic E-state index is -1.04. The summed E-state index contributed by atoms with van der Waals surface area (Å²) in [6.07, 6.45) is 0. The van der Waals surface area contributed by atoms with Gasteiger partial charge in [0.1, 0.15) is 0 Å². The van der Waals surface area contributed by atoms with Gasteiger partial charge in [0, 0.05) is 6.92 Å². The van der Waals surface area contributed by atoms with Crippen molar-refractivity contribution in [3.63, 3.8) is 0 Å². The molecule has 0 spiro atoms. The maximum atomic E-state index is 10.8. The van der Waals surface area contributed by atoms with Crippen LogP contribution in [0.25, 0.3) is 0 Å². The number of amides is 1. The highest BCUT2D eigenvalue weighted by atomic mass is 16.4. The first-order valence-electron chi connectivity index (χ1n) is 4.12. The Hall–Kier alpha value is -1.84. The second-order valence-electron chi connectivity index (χ2n) is 3.04. The number of hydrogen-bond acceptors (Lipinski definition) is 2. The molecule has 0 aliphatic rings. The van der Waals surface area contributed by atoms with E-state index in [9.17, 15) is 9.59 Å². The predicted octanol–water partition coefficient (Wildman–Crippen LogP) is 2.92. The maximum absolute atomic E-state index is 10.8. The average Bonchev–Trinajstić information content (AvgIpc) is 2.07. The fourth-order valence-electron chi connectivity index (χ4n) is 1.13. The molecule has 0 radical (unpaired) electrons. The fraction of sp³-hybridized carbons (Fsp3) is 0.333. The molecule has 0 heterocycles. The second-order valence-corrected chi connectivity index (χ2v) is 3.04. The van der Waals surface area contributed by atoms with Gasteiger partial charge in [-0.3, -0.25) is 4.79 Å². The van der Waals surface area contributed by atoms with E-state index in [4.69, 9.17) is 5.11 Å². The van der Waals surface area contributed by atoms with Gasteiger partial charge < -0.3 is 10.4 Å². The quantitative estimate of drug-likeness (QED) is 0.813. The summed E-state index contributed by atoms with van der Waals surface area (Å²) in [5, 5.41) is 11.3. The van der Waals surface area contributed by atoms with Crippen molar-refractivity contribution in [2.75, 3.05) is 5.32 Å². The van der Waals surface area contributed by atoms with Crippen molar-refractivity contribution in [2.24, 2.45) is 0 Å². The number of carbonyl (C=O) groups excluding carboxylic acids is 1. The third-order valence-electron chi connectivity index (χ3n) is 1.72. The zero-order chi connectivity index (χ0) is 10.7. The van der Waals surface area contributed by atoms with Crippen molar-refractivity contribution in [1.82, 2.24) is 0 Å². The van der Waals surface area contributed by atoms with Crippen LogP contribution in [0.4, 0.5) is 5.69 Å². The van der Waals surface area contributed by atoms with E-state index in [-0.39, 0.29) is 26.3 Å². The van der Waals surface area contributed by atoms with Crippen molar-refractivity contribution in [3.8, 4) is 0 Å². The van der Waals surface area contributed by atoms with Crippen molar-refractivity contribution in [3.05, 3.63) is 29.3 Å². The topological polar surface area (TPSA) is 66.4 Å². The molecule has 0 saturated heterocycles. The van der Waals surface area contributed by atoms with Gasteiger partial charge in [-0.2, -0.15) is 0 Å². The number of anilines is 1. The summed E-state index contributed by atoms with van der Waals surface area (Å²) < 4.78 is 0. The molecule has 1 aromatic carbocycles. The van der Waals surface area contributed by atoms with E-state index >= 15 is 0 Å². The number of carboxylic acid groups (broad SMARTS) is 1. The van der Waals surface area contributed by atoms with Gasteiger partial charge in [-0.1, -0.05) is 26.5 Å². The van der Waals surface area contributed by atoms with Gasteiger partial charge in [0.05, 0.1) is 11.3 Å². The molecule has 90 valence electrons. The average molecular weight is 225 g/mol. The van der Waals surface area contributed by atoms with Crippen LogP contribution < -0.4 is 5.32 Å². The van der Waals surface area contributed by atoms with E-state index in [1.165, 1.54) is 13.0 Å². The first-order valence-corrected chi connectivity index (χ1v) is 4.12. The van der Waals surface area contributed by atoms with E-state index in [1.807, 2.05) is 0 Å². The van der Waals surface area contributed by atoms with Gasteiger partial charge in [0.15, 0.2) is 0 Å². The molecule has 0 aliphatic heterocycles. The Kier molecular flexibility index (Phi) is 6.85. The van der Waals surface area contributed by atoms with Crippen LogP contribution in [0.15, 0.2) is 18.2 Å². The Labute approximate surface area is 96.3 Å². The number of rotatable bonds is 2. The number of hydrogen-bond donors (Lipinski definition) is 2. The molecule has 2 N–H and O–H groups in total. The van der Waals surface area contributed by atoms with Crippen molar-refractivity contribution < 1.29 is 14.7 Å². The molecule has 16 heavy (non-hydrogen) atoms. The van der Waals surface area contributed by atoms with Gasteiger partial charge in [-0.15, -0.1) is 0 Å². The van der Waals surface area contributed by atoms with Gasteiger partial charge in [0.2, 0.25) is 5.91 Å². The summed E-state index contributed by atoms with van der Waals surface area (Å²) >= 11 is 0. The lowest BCUT2D eigenvalue weighted by atomic mass is 10.1. The molecular formula is C12H19NO3. The Balaban J connectivity index is 0. The summed E-state index contributed by atoms with van der Waals surface area (Å²) in [7, 11) is 0. The second kappa shape index (κ2) is 6.61. The zero-order valence-electron chi connectivity index (χ0n) is 8.00. The van der Waals surface area contributed by atoms with Crippen LogP contribution >= 0.6 is 0 Å². The normalized spacial score (nSPS) is 8.38. The third-order valence-corrected chi connectivity index (χ3v) is 1.72. The minimum absolute atomic E-state index is 0. The van der Waals surface area contributed by atoms with E-state index in [2.05, 4.69) is 5.32 Å². The van der Waals surface area contributed by atoms with Crippen LogP contribution in [0.5, 0.6) is 0 Å². The Morgan fingerprint density at radius 3 is 2.25 bits per heavy atom. The summed E-state index contributed by atoms with van der Waals surface area (Å²) in [6.45, 7) is 3.13. The minimum Gasteiger partial charge on any atom is -0.478 e.